The van der Waals surface area contributed by atoms with Gasteiger partial charge in [0.25, 0.3) is 0 Å². The van der Waals surface area contributed by atoms with Gasteiger partial charge in [-0.2, -0.15) is 0 Å². The van der Waals surface area contributed by atoms with E-state index in [9.17, 15) is 13.2 Å². The first-order chi connectivity index (χ1) is 12.0. The zero-order chi connectivity index (χ0) is 17.9. The van der Waals surface area contributed by atoms with Gasteiger partial charge in [-0.3, -0.25) is 0 Å². The van der Waals surface area contributed by atoms with Gasteiger partial charge in [-0.25, -0.2) is 13.2 Å². The van der Waals surface area contributed by atoms with Crippen molar-refractivity contribution in [2.45, 2.75) is 43.0 Å². The van der Waals surface area contributed by atoms with Crippen LogP contribution in [0.3, 0.4) is 0 Å². The molecule has 1 saturated carbocycles. The van der Waals surface area contributed by atoms with Crippen LogP contribution in [-0.4, -0.2) is 51.4 Å². The van der Waals surface area contributed by atoms with E-state index < -0.39 is 9.84 Å². The molecule has 7 heteroatoms. The van der Waals surface area contributed by atoms with Crippen LogP contribution in [0, 0.1) is 5.92 Å². The normalized spacial score (nSPS) is 21.2. The van der Waals surface area contributed by atoms with Gasteiger partial charge in [0.05, 0.1) is 17.3 Å². The number of nitrogens with zero attached hydrogens (tertiary/aromatic N) is 1. The van der Waals surface area contributed by atoms with Gasteiger partial charge in [0.15, 0.2) is 9.84 Å². The first kappa shape index (κ1) is 18.2. The van der Waals surface area contributed by atoms with E-state index in [1.165, 1.54) is 38.5 Å². The standard InChI is InChI=1S/C18H26N2O4S/c1-24-12-13-25(22,23)16-9-7-15(8-10-16)19-18(21)20-11-3-6-17(20)14-4-2-5-14/h7-10,14,17H,2-6,11-13H2,1H3,(H,19,21). The molecule has 25 heavy (non-hydrogen) atoms. The molecule has 138 valence electrons. The van der Waals surface area contributed by atoms with Gasteiger partial charge >= 0.3 is 6.03 Å². The number of methoxy groups -OCH3 is 1. The molecule has 1 aromatic carbocycles. The quantitative estimate of drug-likeness (QED) is 0.840. The van der Waals surface area contributed by atoms with Crippen LogP contribution in [0.4, 0.5) is 10.5 Å². The average Bonchev–Trinajstić information content (AvgIpc) is 3.01. The molecule has 1 N–H and O–H groups in total. The fourth-order valence-electron chi connectivity index (χ4n) is 3.61. The molecule has 0 aromatic heterocycles. The summed E-state index contributed by atoms with van der Waals surface area (Å²) in [6.07, 6.45) is 5.88. The average molecular weight is 366 g/mol. The summed E-state index contributed by atoms with van der Waals surface area (Å²) < 4.78 is 29.1. The van der Waals surface area contributed by atoms with Gasteiger partial charge < -0.3 is 15.0 Å². The van der Waals surface area contributed by atoms with Gasteiger partial charge in [-0.05, 0) is 55.9 Å². The van der Waals surface area contributed by atoms with Crippen molar-refractivity contribution in [3.8, 4) is 0 Å². The van der Waals surface area contributed by atoms with E-state index in [1.54, 1.807) is 12.1 Å². The number of nitrogens with one attached hydrogen (secondary N) is 1. The lowest BCUT2D eigenvalue weighted by molar-refractivity contribution is 0.148. The molecule has 6 nitrogen and oxygen atoms in total. The summed E-state index contributed by atoms with van der Waals surface area (Å²) in [5, 5.41) is 2.91. The van der Waals surface area contributed by atoms with Crippen LogP contribution >= 0.6 is 0 Å². The molecule has 1 aliphatic heterocycles. The second kappa shape index (κ2) is 7.74. The minimum Gasteiger partial charge on any atom is -0.384 e. The lowest BCUT2D eigenvalue weighted by Gasteiger charge is -2.36. The Morgan fingerprint density at radius 3 is 2.52 bits per heavy atom. The van der Waals surface area contributed by atoms with Crippen molar-refractivity contribution in [2.75, 3.05) is 31.3 Å². The second-order valence-corrected chi connectivity index (χ2v) is 8.97. The fourth-order valence-corrected chi connectivity index (χ4v) is 4.78. The highest BCUT2D eigenvalue weighted by atomic mass is 32.2. The van der Waals surface area contributed by atoms with Crippen LogP contribution in [0.5, 0.6) is 0 Å². The number of carbonyl (C=O) groups excluding carboxylic acids is 1. The lowest BCUT2D eigenvalue weighted by atomic mass is 9.79. The van der Waals surface area contributed by atoms with Gasteiger partial charge in [0, 0.05) is 25.4 Å². The number of hydrogen-bond acceptors (Lipinski definition) is 4. The van der Waals surface area contributed by atoms with Crippen molar-refractivity contribution in [3.05, 3.63) is 24.3 Å². The first-order valence-corrected chi connectivity index (χ1v) is 10.6. The number of rotatable bonds is 6. The summed E-state index contributed by atoms with van der Waals surface area (Å²) in [7, 11) is -1.87. The van der Waals surface area contributed by atoms with Crippen LogP contribution in [0.1, 0.15) is 32.1 Å². The smallest absolute Gasteiger partial charge is 0.322 e. The summed E-state index contributed by atoms with van der Waals surface area (Å²) in [5.74, 6) is 0.605. The molecule has 2 fully saturated rings. The Morgan fingerprint density at radius 2 is 1.92 bits per heavy atom. The van der Waals surface area contributed by atoms with Crippen molar-refractivity contribution >= 4 is 21.6 Å². The predicted molar refractivity (Wildman–Crippen MR) is 96.5 cm³/mol. The first-order valence-electron chi connectivity index (χ1n) is 8.90. The van der Waals surface area contributed by atoms with Crippen LogP contribution < -0.4 is 5.32 Å². The van der Waals surface area contributed by atoms with Gasteiger partial charge in [0.1, 0.15) is 0 Å². The number of carbonyl (C=O) groups is 1. The van der Waals surface area contributed by atoms with Gasteiger partial charge in [-0.15, -0.1) is 0 Å². The van der Waals surface area contributed by atoms with Gasteiger partial charge in [0.2, 0.25) is 0 Å². The molecule has 0 radical (unpaired) electrons. The van der Waals surface area contributed by atoms with E-state index in [1.807, 2.05) is 4.90 Å². The third-order valence-corrected chi connectivity index (χ3v) is 6.97. The van der Waals surface area contributed by atoms with Crippen molar-refractivity contribution in [2.24, 2.45) is 5.92 Å². The summed E-state index contributed by atoms with van der Waals surface area (Å²) in [4.78, 5) is 14.8. The SMILES string of the molecule is COCCS(=O)(=O)c1ccc(NC(=O)N2CCCC2C2CCC2)cc1. The molecule has 2 aliphatic rings. The van der Waals surface area contributed by atoms with Gasteiger partial charge in [-0.1, -0.05) is 6.42 Å². The highest BCUT2D eigenvalue weighted by Crippen LogP contribution is 2.37. The van der Waals surface area contributed by atoms with E-state index >= 15 is 0 Å². The number of urea groups is 1. The second-order valence-electron chi connectivity index (χ2n) is 6.86. The fraction of sp³-hybridized carbons (Fsp3) is 0.611. The molecule has 1 aromatic rings. The number of benzene rings is 1. The van der Waals surface area contributed by atoms with Crippen molar-refractivity contribution in [1.29, 1.82) is 0 Å². The van der Waals surface area contributed by atoms with Crippen LogP contribution in [0.15, 0.2) is 29.2 Å². The maximum absolute atomic E-state index is 12.6. The maximum Gasteiger partial charge on any atom is 0.322 e. The Bertz CT molecular complexity index is 698. The van der Waals surface area contributed by atoms with Crippen molar-refractivity contribution < 1.29 is 17.9 Å². The topological polar surface area (TPSA) is 75.7 Å². The minimum absolute atomic E-state index is 0.0496. The highest BCUT2D eigenvalue weighted by Gasteiger charge is 2.37. The molecule has 1 unspecified atom stereocenters. The number of sulfone groups is 1. The molecule has 1 aliphatic carbocycles. The molecule has 0 bridgehead atoms. The maximum atomic E-state index is 12.6. The zero-order valence-corrected chi connectivity index (χ0v) is 15.4. The molecule has 1 heterocycles. The van der Waals surface area contributed by atoms with Crippen LogP contribution in [0.2, 0.25) is 0 Å². The van der Waals surface area contributed by atoms with Crippen LogP contribution in [-0.2, 0) is 14.6 Å². The summed E-state index contributed by atoms with van der Waals surface area (Å²) in [5.41, 5.74) is 0.620. The number of amides is 2. The van der Waals surface area contributed by atoms with Crippen molar-refractivity contribution in [3.63, 3.8) is 0 Å². The monoisotopic (exact) mass is 366 g/mol. The molecule has 0 spiro atoms. The Morgan fingerprint density at radius 1 is 1.20 bits per heavy atom. The molecule has 1 saturated heterocycles. The number of likely N-dealkylation sites (tertiary alicyclic amines) is 1. The summed E-state index contributed by atoms with van der Waals surface area (Å²) >= 11 is 0. The Hall–Kier alpha value is -1.60. The number of anilines is 1. The summed E-state index contributed by atoms with van der Waals surface area (Å²) in [6.45, 7) is 0.967. The van der Waals surface area contributed by atoms with Crippen LogP contribution in [0.25, 0.3) is 0 Å². The largest absolute Gasteiger partial charge is 0.384 e. The zero-order valence-electron chi connectivity index (χ0n) is 14.6. The number of ether oxygens (including phenoxy) is 1. The number of hydrogen-bond donors (Lipinski definition) is 1. The highest BCUT2D eigenvalue weighted by molar-refractivity contribution is 7.91. The summed E-state index contributed by atoms with van der Waals surface area (Å²) in [6, 6.07) is 6.65. The third-order valence-electron chi connectivity index (χ3n) is 5.27. The van der Waals surface area contributed by atoms with E-state index in [-0.39, 0.29) is 23.3 Å². The van der Waals surface area contributed by atoms with E-state index in [2.05, 4.69) is 5.32 Å². The molecular formula is C18H26N2O4S. The molecule has 1 atom stereocenters. The van der Waals surface area contributed by atoms with E-state index in [0.717, 1.165) is 19.4 Å². The molecule has 2 amide bonds. The molecular weight excluding hydrogens is 340 g/mol. The predicted octanol–water partition coefficient (Wildman–Crippen LogP) is 2.90. The minimum atomic E-state index is -3.35. The Balaban J connectivity index is 1.62. The third kappa shape index (κ3) is 4.15. The van der Waals surface area contributed by atoms with Crippen molar-refractivity contribution in [1.82, 2.24) is 4.90 Å². The Labute approximate surface area is 149 Å². The van der Waals surface area contributed by atoms with E-state index in [4.69, 9.17) is 4.74 Å². The lowest BCUT2D eigenvalue weighted by Crippen LogP contribution is -2.44. The molecule has 3 rings (SSSR count). The Kier molecular flexibility index (Phi) is 5.64. The van der Waals surface area contributed by atoms with E-state index in [0.29, 0.717) is 17.6 Å².